The maximum absolute atomic E-state index is 2.64. The summed E-state index contributed by atoms with van der Waals surface area (Å²) in [7, 11) is 2.20. The first-order chi connectivity index (χ1) is 19.8. The number of fused-ring (bicyclic) bond motifs is 5. The van der Waals surface area contributed by atoms with E-state index in [1.165, 1.54) is 67.1 Å². The third kappa shape index (κ3) is 3.31. The van der Waals surface area contributed by atoms with Crippen LogP contribution in [0, 0.1) is 0 Å². The quantitative estimate of drug-likeness (QED) is 0.223. The van der Waals surface area contributed by atoms with Crippen LogP contribution in [0.1, 0.15) is 0 Å². The first kappa shape index (κ1) is 22.9. The largest absolute Gasteiger partial charge is 0.373 e. The standard InChI is InChI=1S/C37H27BN2/c1-39-34-24-12-20-28(26-14-4-2-5-15-26)36(34)40(37-29(21-13-25-35(37)39)27-16-6-3-7-17-27)38-32-22-10-8-18-30(32)31-19-9-11-23-33(31)38/h2-25H,1H3. The van der Waals surface area contributed by atoms with Crippen molar-refractivity contribution in [1.82, 2.24) is 0 Å². The van der Waals surface area contributed by atoms with E-state index in [1.807, 2.05) is 0 Å². The van der Waals surface area contributed by atoms with Gasteiger partial charge in [-0.05, 0) is 45.3 Å². The lowest BCUT2D eigenvalue weighted by Crippen LogP contribution is -2.53. The van der Waals surface area contributed by atoms with E-state index in [0.29, 0.717) is 0 Å². The summed E-state index contributed by atoms with van der Waals surface area (Å²) in [5, 5.41) is 0. The van der Waals surface area contributed by atoms with Gasteiger partial charge in [0.25, 0.3) is 0 Å². The van der Waals surface area contributed by atoms with Crippen LogP contribution in [0.25, 0.3) is 33.4 Å². The van der Waals surface area contributed by atoms with Crippen molar-refractivity contribution in [1.29, 1.82) is 0 Å². The minimum absolute atomic E-state index is 0.0355. The van der Waals surface area contributed by atoms with Crippen LogP contribution in [-0.2, 0) is 0 Å². The second-order valence-corrected chi connectivity index (χ2v) is 10.6. The van der Waals surface area contributed by atoms with Gasteiger partial charge >= 0.3 is 6.85 Å². The molecule has 0 N–H and O–H groups in total. The predicted octanol–water partition coefficient (Wildman–Crippen LogP) is 8.03. The molecule has 0 fully saturated rings. The van der Waals surface area contributed by atoms with Gasteiger partial charge in [0.05, 0.1) is 22.7 Å². The van der Waals surface area contributed by atoms with Crippen molar-refractivity contribution in [2.24, 2.45) is 0 Å². The van der Waals surface area contributed by atoms with E-state index in [2.05, 4.69) is 162 Å². The van der Waals surface area contributed by atoms with E-state index in [0.717, 1.165) is 0 Å². The number of hydrogen-bond donors (Lipinski definition) is 0. The molecule has 0 aliphatic carbocycles. The number of rotatable bonds is 3. The molecule has 0 spiro atoms. The fraction of sp³-hybridized carbons (Fsp3) is 0.0270. The van der Waals surface area contributed by atoms with Crippen molar-refractivity contribution in [3.63, 3.8) is 0 Å². The van der Waals surface area contributed by atoms with Gasteiger partial charge in [-0.25, -0.2) is 0 Å². The first-order valence-corrected chi connectivity index (χ1v) is 13.9. The molecule has 0 saturated heterocycles. The lowest BCUT2D eigenvalue weighted by atomic mass is 9.51. The highest BCUT2D eigenvalue weighted by atomic mass is 15.2. The van der Waals surface area contributed by atoms with Gasteiger partial charge in [-0.2, -0.15) is 0 Å². The van der Waals surface area contributed by atoms with Crippen LogP contribution >= 0.6 is 0 Å². The highest BCUT2D eigenvalue weighted by Crippen LogP contribution is 2.55. The fourth-order valence-electron chi connectivity index (χ4n) is 6.72. The molecule has 0 unspecified atom stereocenters. The number of anilines is 4. The van der Waals surface area contributed by atoms with Crippen molar-refractivity contribution >= 4 is 40.5 Å². The monoisotopic (exact) mass is 510 g/mol. The van der Waals surface area contributed by atoms with Crippen LogP contribution in [0.4, 0.5) is 22.7 Å². The van der Waals surface area contributed by atoms with Gasteiger partial charge in [0.2, 0.25) is 0 Å². The van der Waals surface area contributed by atoms with Crippen molar-refractivity contribution in [2.75, 3.05) is 16.8 Å². The summed E-state index contributed by atoms with van der Waals surface area (Å²) < 4.78 is 0. The van der Waals surface area contributed by atoms with Crippen LogP contribution < -0.4 is 20.6 Å². The molecular weight excluding hydrogens is 483 g/mol. The molecule has 0 amide bonds. The smallest absolute Gasteiger partial charge is 0.329 e. The van der Waals surface area contributed by atoms with Crippen molar-refractivity contribution in [3.8, 4) is 33.4 Å². The molecule has 2 heterocycles. The zero-order valence-electron chi connectivity index (χ0n) is 22.3. The maximum atomic E-state index is 2.64. The van der Waals surface area contributed by atoms with Gasteiger partial charge in [0, 0.05) is 18.2 Å². The summed E-state index contributed by atoms with van der Waals surface area (Å²) in [5.41, 5.74) is 15.1. The summed E-state index contributed by atoms with van der Waals surface area (Å²) in [6.07, 6.45) is 0. The van der Waals surface area contributed by atoms with Gasteiger partial charge in [0.1, 0.15) is 0 Å². The molecular formula is C37H27BN2. The number of nitrogens with zero attached hydrogens (tertiary/aromatic N) is 2. The van der Waals surface area contributed by atoms with Crippen molar-refractivity contribution < 1.29 is 0 Å². The Balaban J connectivity index is 1.50. The van der Waals surface area contributed by atoms with Gasteiger partial charge in [-0.1, -0.05) is 133 Å². The van der Waals surface area contributed by atoms with E-state index in [9.17, 15) is 0 Å². The maximum Gasteiger partial charge on any atom is 0.329 e. The molecule has 0 saturated carbocycles. The zero-order valence-corrected chi connectivity index (χ0v) is 22.3. The molecule has 0 bridgehead atoms. The molecule has 3 heteroatoms. The second kappa shape index (κ2) is 9.03. The summed E-state index contributed by atoms with van der Waals surface area (Å²) in [4.78, 5) is 5.01. The van der Waals surface area contributed by atoms with Gasteiger partial charge < -0.3 is 9.71 Å². The molecule has 8 rings (SSSR count). The summed E-state index contributed by atoms with van der Waals surface area (Å²) in [6, 6.07) is 53.0. The third-order valence-corrected chi connectivity index (χ3v) is 8.46. The first-order valence-electron chi connectivity index (χ1n) is 13.9. The molecule has 40 heavy (non-hydrogen) atoms. The van der Waals surface area contributed by atoms with Crippen LogP contribution in [0.3, 0.4) is 0 Å². The average molecular weight is 510 g/mol. The fourth-order valence-corrected chi connectivity index (χ4v) is 6.72. The molecule has 6 aromatic rings. The Hall–Kier alpha value is -5.02. The van der Waals surface area contributed by atoms with E-state index in [4.69, 9.17) is 0 Å². The molecule has 2 nitrogen and oxygen atoms in total. The highest BCUT2D eigenvalue weighted by Gasteiger charge is 2.43. The van der Waals surface area contributed by atoms with Crippen LogP contribution in [0.5, 0.6) is 0 Å². The highest BCUT2D eigenvalue weighted by molar-refractivity contribution is 6.93. The Morgan fingerprint density at radius 2 is 0.800 bits per heavy atom. The lowest BCUT2D eigenvalue weighted by molar-refractivity contribution is 1.15. The number of para-hydroxylation sites is 2. The topological polar surface area (TPSA) is 6.48 Å². The van der Waals surface area contributed by atoms with Gasteiger partial charge in [-0.3, -0.25) is 0 Å². The second-order valence-electron chi connectivity index (χ2n) is 10.6. The zero-order chi connectivity index (χ0) is 26.6. The Labute approximate surface area is 235 Å². The van der Waals surface area contributed by atoms with Crippen molar-refractivity contribution in [3.05, 3.63) is 146 Å². The Kier molecular flexibility index (Phi) is 5.18. The van der Waals surface area contributed by atoms with E-state index in [1.54, 1.807) is 0 Å². The lowest BCUT2D eigenvalue weighted by Gasteiger charge is -2.44. The minimum atomic E-state index is 0.0355. The summed E-state index contributed by atoms with van der Waals surface area (Å²) >= 11 is 0. The molecule has 6 aromatic carbocycles. The Bertz CT molecular complexity index is 1740. The van der Waals surface area contributed by atoms with Crippen LogP contribution in [0.15, 0.2) is 146 Å². The summed E-state index contributed by atoms with van der Waals surface area (Å²) in [5.74, 6) is 0. The van der Waals surface area contributed by atoms with E-state index < -0.39 is 0 Å². The number of hydrogen-bond acceptors (Lipinski definition) is 2. The average Bonchev–Trinajstić information content (AvgIpc) is 3.36. The normalized spacial score (nSPS) is 13.0. The molecule has 2 aliphatic rings. The Morgan fingerprint density at radius 1 is 0.400 bits per heavy atom. The van der Waals surface area contributed by atoms with Crippen molar-refractivity contribution in [2.45, 2.75) is 0 Å². The molecule has 0 radical (unpaired) electrons. The molecule has 2 aliphatic heterocycles. The summed E-state index contributed by atoms with van der Waals surface area (Å²) in [6.45, 7) is 0.0355. The third-order valence-electron chi connectivity index (χ3n) is 8.46. The molecule has 0 atom stereocenters. The molecule has 0 aromatic heterocycles. The SMILES string of the molecule is CN1c2cccc(-c3ccccc3)c2N(B2c3ccccc3-c3ccccc32)c2c(-c3ccccc3)cccc21. The van der Waals surface area contributed by atoms with Gasteiger partial charge in [0.15, 0.2) is 0 Å². The van der Waals surface area contributed by atoms with Crippen LogP contribution in [-0.4, -0.2) is 13.9 Å². The van der Waals surface area contributed by atoms with E-state index >= 15 is 0 Å². The predicted molar refractivity (Wildman–Crippen MR) is 171 cm³/mol. The molecule has 188 valence electrons. The number of benzene rings is 6. The van der Waals surface area contributed by atoms with Crippen LogP contribution in [0.2, 0.25) is 0 Å². The Morgan fingerprint density at radius 3 is 1.27 bits per heavy atom. The van der Waals surface area contributed by atoms with E-state index in [-0.39, 0.29) is 6.85 Å². The van der Waals surface area contributed by atoms with Gasteiger partial charge in [-0.15, -0.1) is 0 Å². The minimum Gasteiger partial charge on any atom is -0.373 e.